The van der Waals surface area contributed by atoms with Crippen molar-refractivity contribution in [3.8, 4) is 22.3 Å². The van der Waals surface area contributed by atoms with Crippen molar-refractivity contribution in [2.24, 2.45) is 0 Å². The Morgan fingerprint density at radius 1 is 0.393 bits per heavy atom. The molecule has 5 heterocycles. The van der Waals surface area contributed by atoms with Crippen LogP contribution in [-0.4, -0.2) is 19.9 Å². The Kier molecular flexibility index (Phi) is 7.94. The lowest BCUT2D eigenvalue weighted by atomic mass is 9.84. The molecule has 2 N–H and O–H groups in total. The van der Waals surface area contributed by atoms with Crippen LogP contribution in [0.4, 0.5) is 0 Å². The number of H-pyrrole nitrogens is 2. The molecule has 2 aliphatic rings. The summed E-state index contributed by atoms with van der Waals surface area (Å²) in [6.07, 6.45) is 8.86. The van der Waals surface area contributed by atoms with Gasteiger partial charge in [-0.3, -0.25) is 0 Å². The van der Waals surface area contributed by atoms with E-state index >= 15 is 0 Å². The summed E-state index contributed by atoms with van der Waals surface area (Å²) in [4.78, 5) is 19.1. The summed E-state index contributed by atoms with van der Waals surface area (Å²) in [5.74, 6) is 0. The fourth-order valence-corrected chi connectivity index (χ4v) is 9.31. The molecule has 0 saturated heterocycles. The van der Waals surface area contributed by atoms with Crippen molar-refractivity contribution in [1.82, 2.24) is 19.9 Å². The molecule has 0 spiro atoms. The van der Waals surface area contributed by atoms with Gasteiger partial charge in [-0.25, -0.2) is 9.97 Å². The van der Waals surface area contributed by atoms with E-state index in [0.717, 1.165) is 66.7 Å². The predicted molar refractivity (Wildman–Crippen MR) is 242 cm³/mol. The number of hydrogen-bond donors (Lipinski definition) is 2. The lowest BCUT2D eigenvalue weighted by molar-refractivity contribution is 0.591. The molecular formula is C52H52N4. The molecule has 0 aliphatic carbocycles. The Bertz CT molecular complexity index is 2790. The van der Waals surface area contributed by atoms with E-state index in [1.54, 1.807) is 0 Å². The third-order valence-corrected chi connectivity index (χ3v) is 12.0. The zero-order valence-electron chi connectivity index (χ0n) is 35.0. The van der Waals surface area contributed by atoms with Crippen molar-refractivity contribution in [3.05, 3.63) is 128 Å². The summed E-state index contributed by atoms with van der Waals surface area (Å²) < 4.78 is 0. The standard InChI is InChI=1S/C52H52N4/c1-27-19-29(3)45(30(4)20-27)47-41-15-13-39(53-41)37-25-33(51(7,8)9)23-35-36-24-34(52(10,11)12)26-38(50(36)56-49(35)37)40-14-16-42(54-40)48(44-18-17-43(47)55-44)46-31(5)21-28(2)22-32(46)6/h13-26,55-56H,1-12H3. The van der Waals surface area contributed by atoms with Crippen molar-refractivity contribution in [2.45, 2.75) is 93.9 Å². The minimum atomic E-state index is -0.0696. The van der Waals surface area contributed by atoms with Crippen LogP contribution in [0.3, 0.4) is 0 Å². The fourth-order valence-electron chi connectivity index (χ4n) is 9.31. The van der Waals surface area contributed by atoms with E-state index < -0.39 is 0 Å². The van der Waals surface area contributed by atoms with Crippen molar-refractivity contribution in [1.29, 1.82) is 0 Å². The summed E-state index contributed by atoms with van der Waals surface area (Å²) in [5, 5.41) is 4.67. The van der Waals surface area contributed by atoms with Crippen molar-refractivity contribution in [3.63, 3.8) is 0 Å². The Hall–Kier alpha value is -5.74. The molecule has 4 heteroatoms. The molecule has 3 aromatic heterocycles. The van der Waals surface area contributed by atoms with Crippen LogP contribution in [0.1, 0.15) is 109 Å². The number of hydrogen-bond acceptors (Lipinski definition) is 2. The minimum absolute atomic E-state index is 0.0696. The lowest BCUT2D eigenvalue weighted by Gasteiger charge is -2.20. The van der Waals surface area contributed by atoms with Crippen LogP contribution in [0.15, 0.2) is 60.7 Å². The van der Waals surface area contributed by atoms with E-state index in [0.29, 0.717) is 0 Å². The number of rotatable bonds is 2. The van der Waals surface area contributed by atoms with Crippen LogP contribution >= 0.6 is 0 Å². The highest BCUT2D eigenvalue weighted by atomic mass is 14.8. The van der Waals surface area contributed by atoms with Gasteiger partial charge in [0.05, 0.1) is 33.8 Å². The SMILES string of the molecule is Cc1cc(C)c(-c2c3nc(c4cc(C(C)(C)C)cc5c6cc(C(C)(C)C)cc(c7nc(c(-c8c(C)cc(C)cc8C)c8ccc2[nH]8)C=C7)c6[nH]c45)C=C3)c(C)c1. The van der Waals surface area contributed by atoms with Gasteiger partial charge in [-0.1, -0.05) is 76.9 Å². The summed E-state index contributed by atoms with van der Waals surface area (Å²) in [7, 11) is 0. The van der Waals surface area contributed by atoms with Crippen molar-refractivity contribution < 1.29 is 0 Å². The van der Waals surface area contributed by atoms with Gasteiger partial charge in [0, 0.05) is 43.7 Å². The van der Waals surface area contributed by atoms with Crippen molar-refractivity contribution in [2.75, 3.05) is 0 Å². The zero-order valence-corrected chi connectivity index (χ0v) is 35.0. The summed E-state index contributed by atoms with van der Waals surface area (Å²) in [6, 6.07) is 23.2. The van der Waals surface area contributed by atoms with Gasteiger partial charge in [0.2, 0.25) is 0 Å². The molecule has 0 fully saturated rings. The second-order valence-electron chi connectivity index (χ2n) is 18.5. The van der Waals surface area contributed by atoms with E-state index in [2.05, 4.69) is 178 Å². The van der Waals surface area contributed by atoms with E-state index in [1.807, 2.05) is 0 Å². The number of aryl methyl sites for hydroxylation is 6. The second kappa shape index (κ2) is 12.4. The maximum absolute atomic E-state index is 5.56. The molecule has 0 unspecified atom stereocenters. The van der Waals surface area contributed by atoms with Crippen LogP contribution < -0.4 is 0 Å². The highest BCUT2D eigenvalue weighted by Crippen LogP contribution is 2.43. The lowest BCUT2D eigenvalue weighted by Crippen LogP contribution is -2.11. The summed E-state index contributed by atoms with van der Waals surface area (Å²) >= 11 is 0. The molecule has 0 atom stereocenters. The first-order chi connectivity index (χ1) is 26.5. The Morgan fingerprint density at radius 3 is 1.09 bits per heavy atom. The van der Waals surface area contributed by atoms with Gasteiger partial charge in [-0.15, -0.1) is 0 Å². The molecule has 2 aliphatic heterocycles. The molecular weight excluding hydrogens is 681 g/mol. The van der Waals surface area contributed by atoms with Crippen LogP contribution in [0, 0.1) is 41.5 Å². The second-order valence-corrected chi connectivity index (χ2v) is 18.5. The smallest absolute Gasteiger partial charge is 0.0737 e. The number of aromatic nitrogens is 4. The Balaban J connectivity index is 1.57. The van der Waals surface area contributed by atoms with Gasteiger partial charge in [0.25, 0.3) is 0 Å². The molecule has 4 nitrogen and oxygen atoms in total. The maximum atomic E-state index is 5.56. The molecule has 0 radical (unpaired) electrons. The van der Waals surface area contributed by atoms with Crippen molar-refractivity contribution >= 4 is 67.9 Å². The molecule has 0 amide bonds. The third kappa shape index (κ3) is 5.72. The molecule has 9 rings (SSSR count). The van der Waals surface area contributed by atoms with Gasteiger partial charge in [0.15, 0.2) is 0 Å². The molecule has 0 saturated carbocycles. The highest BCUT2D eigenvalue weighted by Gasteiger charge is 2.25. The molecule has 7 aromatic rings. The first-order valence-electron chi connectivity index (χ1n) is 20.0. The largest absolute Gasteiger partial charge is 0.354 e. The molecule has 56 heavy (non-hydrogen) atoms. The first kappa shape index (κ1) is 35.9. The number of nitrogens with one attached hydrogen (secondary N) is 2. The molecule has 4 aromatic carbocycles. The predicted octanol–water partition coefficient (Wildman–Crippen LogP) is 14.2. The monoisotopic (exact) mass is 732 g/mol. The zero-order chi connectivity index (χ0) is 39.6. The topological polar surface area (TPSA) is 57.4 Å². The average Bonchev–Trinajstić information content (AvgIpc) is 3.92. The normalized spacial score (nSPS) is 13.2. The van der Waals surface area contributed by atoms with Crippen LogP contribution in [0.5, 0.6) is 0 Å². The van der Waals surface area contributed by atoms with Gasteiger partial charge in [-0.05, 0) is 158 Å². The average molecular weight is 733 g/mol. The van der Waals surface area contributed by atoms with E-state index in [1.165, 1.54) is 66.4 Å². The van der Waals surface area contributed by atoms with Gasteiger partial charge < -0.3 is 9.97 Å². The van der Waals surface area contributed by atoms with E-state index in [-0.39, 0.29) is 10.8 Å². The highest BCUT2D eigenvalue weighted by molar-refractivity contribution is 6.19. The fraction of sp³-hybridized carbons (Fsp3) is 0.269. The molecule has 8 bridgehead atoms. The van der Waals surface area contributed by atoms with Gasteiger partial charge in [0.1, 0.15) is 0 Å². The summed E-state index contributed by atoms with van der Waals surface area (Å²) in [6.45, 7) is 27.1. The first-order valence-corrected chi connectivity index (χ1v) is 20.0. The van der Waals surface area contributed by atoms with E-state index in [4.69, 9.17) is 9.97 Å². The van der Waals surface area contributed by atoms with Crippen LogP contribution in [0.25, 0.3) is 90.2 Å². The van der Waals surface area contributed by atoms with Gasteiger partial charge >= 0.3 is 0 Å². The number of nitrogens with zero attached hydrogens (tertiary/aromatic N) is 2. The number of aromatic amines is 2. The quantitative estimate of drug-likeness (QED) is 0.186. The maximum Gasteiger partial charge on any atom is 0.0737 e. The minimum Gasteiger partial charge on any atom is -0.354 e. The van der Waals surface area contributed by atoms with Gasteiger partial charge in [-0.2, -0.15) is 0 Å². The third-order valence-electron chi connectivity index (χ3n) is 12.0. The Labute approximate surface area is 330 Å². The van der Waals surface area contributed by atoms with Crippen LogP contribution in [0.2, 0.25) is 0 Å². The summed E-state index contributed by atoms with van der Waals surface area (Å²) in [5.41, 5.74) is 22.6. The van der Waals surface area contributed by atoms with Crippen LogP contribution in [-0.2, 0) is 10.8 Å². The number of fused-ring (bicyclic) bond motifs is 9. The van der Waals surface area contributed by atoms with E-state index in [9.17, 15) is 0 Å². The Morgan fingerprint density at radius 2 is 0.732 bits per heavy atom. The molecule has 280 valence electrons. The number of benzene rings is 4.